The highest BCUT2D eigenvalue weighted by Gasteiger charge is 2.35. The molecule has 0 aliphatic carbocycles. The molecule has 3 heterocycles. The first-order valence-corrected chi connectivity index (χ1v) is 12.6. The summed E-state index contributed by atoms with van der Waals surface area (Å²) >= 11 is 0. The van der Waals surface area contributed by atoms with Crippen molar-refractivity contribution in [1.29, 1.82) is 0 Å². The van der Waals surface area contributed by atoms with Gasteiger partial charge in [0.1, 0.15) is 6.54 Å². The van der Waals surface area contributed by atoms with Crippen LogP contribution in [0.5, 0.6) is 0 Å². The quantitative estimate of drug-likeness (QED) is 0.267. The zero-order valence-corrected chi connectivity index (χ0v) is 22.3. The summed E-state index contributed by atoms with van der Waals surface area (Å²) in [5, 5.41) is 23.5. The van der Waals surface area contributed by atoms with Crippen LogP contribution in [0, 0.1) is 5.92 Å². The number of nitrogens with zero attached hydrogens (tertiary/aromatic N) is 5. The number of anilines is 2. The molecule has 2 aromatic heterocycles. The Bertz CT molecular complexity index is 1520. The Hall–Kier alpha value is -4.18. The van der Waals surface area contributed by atoms with Gasteiger partial charge in [0.05, 0.1) is 28.4 Å². The van der Waals surface area contributed by atoms with Crippen LogP contribution in [0.25, 0.3) is 21.7 Å². The summed E-state index contributed by atoms with van der Waals surface area (Å²) in [4.78, 5) is 28.1. The fraction of sp³-hybridized carbons (Fsp3) is 0.357. The van der Waals surface area contributed by atoms with Crippen molar-refractivity contribution in [2.45, 2.75) is 32.4 Å². The van der Waals surface area contributed by atoms with Gasteiger partial charge < -0.3 is 25.3 Å². The third-order valence-corrected chi connectivity index (χ3v) is 7.03. The van der Waals surface area contributed by atoms with Crippen molar-refractivity contribution in [2.24, 2.45) is 18.1 Å². The molecule has 0 radical (unpaired) electrons. The zero-order chi connectivity index (χ0) is 27.4. The van der Waals surface area contributed by atoms with Crippen LogP contribution >= 0.6 is 0 Å². The maximum Gasteiger partial charge on any atom is 0.261 e. The van der Waals surface area contributed by atoms with Crippen LogP contribution in [0.1, 0.15) is 20.3 Å². The lowest BCUT2D eigenvalue weighted by molar-refractivity contribution is -0.131. The topological polar surface area (TPSA) is 117 Å². The van der Waals surface area contributed by atoms with Crippen molar-refractivity contribution in [3.05, 3.63) is 65.2 Å². The summed E-state index contributed by atoms with van der Waals surface area (Å²) in [6.45, 7) is 7.75. The van der Waals surface area contributed by atoms with Gasteiger partial charge in [-0.15, -0.1) is 0 Å². The summed E-state index contributed by atoms with van der Waals surface area (Å²) < 4.78 is 3.29. The van der Waals surface area contributed by atoms with Gasteiger partial charge in [-0.25, -0.2) is 0 Å². The normalized spacial score (nSPS) is 15.3. The third kappa shape index (κ3) is 5.70. The van der Waals surface area contributed by atoms with Gasteiger partial charge in [-0.05, 0) is 56.0 Å². The fourth-order valence-corrected chi connectivity index (χ4v) is 4.76. The average Bonchev–Trinajstić information content (AvgIpc) is 3.54. The molecule has 10 nitrogen and oxygen atoms in total. The highest BCUT2D eigenvalue weighted by molar-refractivity contribution is 5.95. The van der Waals surface area contributed by atoms with Crippen LogP contribution in [-0.2, 0) is 18.4 Å². The minimum Gasteiger partial charge on any atom is -0.390 e. The van der Waals surface area contributed by atoms with Crippen molar-refractivity contribution < 1.29 is 9.90 Å². The van der Waals surface area contributed by atoms with Crippen molar-refractivity contribution >= 4 is 45.7 Å². The summed E-state index contributed by atoms with van der Waals surface area (Å²) in [6.07, 6.45) is 4.25. The Morgan fingerprint density at radius 2 is 2.00 bits per heavy atom. The molecule has 0 spiro atoms. The molecule has 0 saturated carbocycles. The van der Waals surface area contributed by atoms with E-state index >= 15 is 0 Å². The number of carbonyl (C=O) groups excluding carboxylic acids is 1. The molecular formula is C28H35N7O3. The minimum atomic E-state index is -0.825. The first-order chi connectivity index (χ1) is 18.1. The number of hydrazone groups is 1. The number of pyridine rings is 1. The molecule has 1 fully saturated rings. The van der Waals surface area contributed by atoms with Crippen molar-refractivity contribution in [1.82, 2.24) is 24.7 Å². The SMILES string of the molecule is C=NNC.Cn1ncc2cc(Nc3cccc4ccn(CC(=O)N5CCC(C(C)(C)O)C5)c(=O)c34)ccc21. The van der Waals surface area contributed by atoms with Gasteiger partial charge in [-0.2, -0.15) is 10.2 Å². The summed E-state index contributed by atoms with van der Waals surface area (Å²) in [6, 6.07) is 13.5. The Labute approximate surface area is 221 Å². The second kappa shape index (κ2) is 11.1. The van der Waals surface area contributed by atoms with Crippen LogP contribution < -0.4 is 16.3 Å². The second-order valence-corrected chi connectivity index (χ2v) is 10.0. The lowest BCUT2D eigenvalue weighted by Gasteiger charge is -2.25. The van der Waals surface area contributed by atoms with Gasteiger partial charge in [0.15, 0.2) is 0 Å². The monoisotopic (exact) mass is 517 g/mol. The van der Waals surface area contributed by atoms with Crippen LogP contribution in [0.3, 0.4) is 0 Å². The van der Waals surface area contributed by atoms with E-state index < -0.39 is 5.60 Å². The fourth-order valence-electron chi connectivity index (χ4n) is 4.76. The second-order valence-electron chi connectivity index (χ2n) is 10.0. The predicted octanol–water partition coefficient (Wildman–Crippen LogP) is 3.07. The van der Waals surface area contributed by atoms with Gasteiger partial charge in [0.25, 0.3) is 5.56 Å². The van der Waals surface area contributed by atoms with Crippen molar-refractivity contribution in [3.8, 4) is 0 Å². The van der Waals surface area contributed by atoms with E-state index in [4.69, 9.17) is 0 Å². The lowest BCUT2D eigenvalue weighted by atomic mass is 9.90. The number of aliphatic hydroxyl groups is 1. The lowest BCUT2D eigenvalue weighted by Crippen LogP contribution is -2.38. The van der Waals surface area contributed by atoms with E-state index in [-0.39, 0.29) is 23.9 Å². The average molecular weight is 518 g/mol. The maximum atomic E-state index is 13.4. The molecule has 3 N–H and O–H groups in total. The van der Waals surface area contributed by atoms with E-state index in [1.54, 1.807) is 32.0 Å². The first-order valence-electron chi connectivity index (χ1n) is 12.6. The van der Waals surface area contributed by atoms with Gasteiger partial charge in [0, 0.05) is 57.1 Å². The summed E-state index contributed by atoms with van der Waals surface area (Å²) in [5.41, 5.74) is 3.98. The van der Waals surface area contributed by atoms with E-state index in [0.29, 0.717) is 24.2 Å². The van der Waals surface area contributed by atoms with E-state index in [0.717, 1.165) is 28.4 Å². The molecular weight excluding hydrogens is 482 g/mol. The Morgan fingerprint density at radius 1 is 1.24 bits per heavy atom. The van der Waals surface area contributed by atoms with Gasteiger partial charge >= 0.3 is 0 Å². The van der Waals surface area contributed by atoms with Crippen LogP contribution in [0.15, 0.2) is 64.8 Å². The molecule has 200 valence electrons. The first kappa shape index (κ1) is 26.9. The van der Waals surface area contributed by atoms with E-state index in [2.05, 4.69) is 27.7 Å². The minimum absolute atomic E-state index is 0.0245. The molecule has 1 atom stereocenters. The van der Waals surface area contributed by atoms with Gasteiger partial charge in [-0.3, -0.25) is 14.3 Å². The molecule has 2 aromatic carbocycles. The van der Waals surface area contributed by atoms with E-state index in [9.17, 15) is 14.7 Å². The Balaban J connectivity index is 0.000000786. The number of benzene rings is 2. The highest BCUT2D eigenvalue weighted by atomic mass is 16.3. The van der Waals surface area contributed by atoms with Crippen molar-refractivity contribution in [2.75, 3.05) is 25.5 Å². The number of fused-ring (bicyclic) bond motifs is 2. The molecule has 1 unspecified atom stereocenters. The molecule has 1 saturated heterocycles. The molecule has 10 heteroatoms. The number of aryl methyl sites for hydroxylation is 1. The van der Waals surface area contributed by atoms with Crippen LogP contribution in [0.4, 0.5) is 11.4 Å². The van der Waals surface area contributed by atoms with Crippen LogP contribution in [-0.4, -0.2) is 62.7 Å². The Kier molecular flexibility index (Phi) is 7.82. The van der Waals surface area contributed by atoms with E-state index in [1.807, 2.05) is 60.4 Å². The number of carbonyl (C=O) groups is 1. The number of hydrogen-bond acceptors (Lipinski definition) is 7. The largest absolute Gasteiger partial charge is 0.390 e. The smallest absolute Gasteiger partial charge is 0.261 e. The van der Waals surface area contributed by atoms with Gasteiger partial charge in [0.2, 0.25) is 5.91 Å². The molecule has 38 heavy (non-hydrogen) atoms. The number of aromatic nitrogens is 3. The third-order valence-electron chi connectivity index (χ3n) is 7.03. The highest BCUT2D eigenvalue weighted by Crippen LogP contribution is 2.28. The molecule has 1 amide bonds. The zero-order valence-electron chi connectivity index (χ0n) is 22.3. The van der Waals surface area contributed by atoms with Crippen molar-refractivity contribution in [3.63, 3.8) is 0 Å². The molecule has 5 rings (SSSR count). The Morgan fingerprint density at radius 3 is 2.68 bits per heavy atom. The molecule has 1 aliphatic rings. The number of likely N-dealkylation sites (tertiary alicyclic amines) is 1. The molecule has 1 aliphatic heterocycles. The predicted molar refractivity (Wildman–Crippen MR) is 152 cm³/mol. The number of nitrogens with one attached hydrogen (secondary N) is 2. The standard InChI is InChI=1S/C26H29N5O3.C2H6N2/c1-26(2,34)19-10-12-30(15-19)23(32)16-31-11-9-17-5-4-6-21(24(17)25(31)33)28-20-7-8-22-18(13-20)14-27-29(22)3;1-3-4-2/h4-9,11,13-14,19,28,34H,10,12,15-16H2,1-3H3;4H,1H2,2H3. The maximum absolute atomic E-state index is 13.4. The van der Waals surface area contributed by atoms with Crippen LogP contribution in [0.2, 0.25) is 0 Å². The number of hydrogen-bond donors (Lipinski definition) is 3. The van der Waals surface area contributed by atoms with Gasteiger partial charge in [-0.1, -0.05) is 12.1 Å². The van der Waals surface area contributed by atoms with E-state index in [1.165, 1.54) is 4.57 Å². The molecule has 4 aromatic rings. The number of amides is 1. The summed E-state index contributed by atoms with van der Waals surface area (Å²) in [5.74, 6) is -0.0709. The number of rotatable bonds is 6. The summed E-state index contributed by atoms with van der Waals surface area (Å²) in [7, 11) is 3.60. The molecule has 0 bridgehead atoms.